The van der Waals surface area contributed by atoms with Crippen molar-refractivity contribution in [2.24, 2.45) is 0 Å². The molecule has 0 bridgehead atoms. The molecule has 9 nitrogen and oxygen atoms in total. The molecule has 0 fully saturated rings. The zero-order chi connectivity index (χ0) is 29.3. The van der Waals surface area contributed by atoms with Crippen LogP contribution in [0.5, 0.6) is 0 Å². The lowest BCUT2D eigenvalue weighted by Gasteiger charge is -2.23. The fraction of sp³-hybridized carbons (Fsp3) is 0.273. The second kappa shape index (κ2) is 15.1. The Labute approximate surface area is 257 Å². The Hall–Kier alpha value is -4.47. The Balaban J connectivity index is 0.00000423. The summed E-state index contributed by atoms with van der Waals surface area (Å²) in [5.74, 6) is -0.438. The molecule has 5 rings (SSSR count). The van der Waals surface area contributed by atoms with Crippen LogP contribution in [-0.2, 0) is 20.7 Å². The average molecular weight is 602 g/mol. The molecule has 1 aliphatic rings. The molecule has 4 aromatic rings. The van der Waals surface area contributed by atoms with E-state index in [0.29, 0.717) is 37.2 Å². The second-order valence-corrected chi connectivity index (χ2v) is 10.1. The number of carbonyl (C=O) groups excluding carboxylic acids is 2. The molecule has 1 aliphatic heterocycles. The zero-order valence-corrected chi connectivity index (χ0v) is 24.8. The molecule has 0 saturated heterocycles. The van der Waals surface area contributed by atoms with Crippen LogP contribution < -0.4 is 21.5 Å². The highest BCUT2D eigenvalue weighted by atomic mass is 35.5. The van der Waals surface area contributed by atoms with Gasteiger partial charge in [-0.3, -0.25) is 19.0 Å². The lowest BCUT2D eigenvalue weighted by molar-refractivity contribution is -0.135. The predicted octanol–water partition coefficient (Wildman–Crippen LogP) is 4.36. The van der Waals surface area contributed by atoms with Crippen LogP contribution in [0.3, 0.4) is 0 Å². The van der Waals surface area contributed by atoms with Gasteiger partial charge in [-0.05, 0) is 30.9 Å². The number of likely N-dealkylation sites (N-methyl/N-ethyl adjacent to an activating group) is 1. The number of fused-ring (bicyclic) bond motifs is 1. The van der Waals surface area contributed by atoms with Gasteiger partial charge in [0.05, 0.1) is 0 Å². The van der Waals surface area contributed by atoms with E-state index in [4.69, 9.17) is 4.74 Å². The van der Waals surface area contributed by atoms with Crippen molar-refractivity contribution in [3.63, 3.8) is 0 Å². The molecule has 0 saturated carbocycles. The van der Waals surface area contributed by atoms with Gasteiger partial charge in [0.1, 0.15) is 12.6 Å². The summed E-state index contributed by atoms with van der Waals surface area (Å²) in [4.78, 5) is 43.7. The SMILES string of the molecule is CCNC(=O)COC(NC(=O)[C@@H]1CCc2cnc(NCC(c3ccccc3)c3ccccc3)c(=O)n21)c1ccccc1.Cl. The number of anilines is 1. The van der Waals surface area contributed by atoms with Crippen molar-refractivity contribution >= 4 is 30.0 Å². The first-order valence-corrected chi connectivity index (χ1v) is 14.2. The van der Waals surface area contributed by atoms with Crippen LogP contribution in [-0.4, -0.2) is 41.1 Å². The Morgan fingerprint density at radius 3 is 2.09 bits per heavy atom. The van der Waals surface area contributed by atoms with E-state index in [1.807, 2.05) is 73.7 Å². The Morgan fingerprint density at radius 2 is 1.51 bits per heavy atom. The van der Waals surface area contributed by atoms with Crippen molar-refractivity contribution < 1.29 is 14.3 Å². The third-order valence-corrected chi connectivity index (χ3v) is 7.37. The van der Waals surface area contributed by atoms with E-state index >= 15 is 0 Å². The van der Waals surface area contributed by atoms with Crippen LogP contribution in [0.2, 0.25) is 0 Å². The normalized spacial score (nSPS) is 14.3. The van der Waals surface area contributed by atoms with Gasteiger partial charge in [0.2, 0.25) is 11.8 Å². The fourth-order valence-electron chi connectivity index (χ4n) is 5.29. The van der Waals surface area contributed by atoms with Crippen LogP contribution in [0.1, 0.15) is 53.9 Å². The van der Waals surface area contributed by atoms with Crippen LogP contribution in [0.15, 0.2) is 102 Å². The molecule has 224 valence electrons. The minimum Gasteiger partial charge on any atom is -0.365 e. The number of ether oxygens (including phenoxy) is 1. The van der Waals surface area contributed by atoms with Crippen molar-refractivity contribution in [2.75, 3.05) is 25.0 Å². The van der Waals surface area contributed by atoms with Crippen molar-refractivity contribution in [1.82, 2.24) is 20.2 Å². The Bertz CT molecular complexity index is 1510. The van der Waals surface area contributed by atoms with Crippen molar-refractivity contribution in [3.8, 4) is 0 Å². The molecule has 2 heterocycles. The molecule has 10 heteroatoms. The number of nitrogens with zero attached hydrogens (tertiary/aromatic N) is 2. The van der Waals surface area contributed by atoms with Gasteiger partial charge < -0.3 is 20.7 Å². The molecular weight excluding hydrogens is 566 g/mol. The highest BCUT2D eigenvalue weighted by Crippen LogP contribution is 2.27. The number of carbonyl (C=O) groups is 2. The number of aryl methyl sites for hydroxylation is 1. The standard InChI is InChI=1S/C33H35N5O4.ClH/c1-2-34-29(39)22-42-32(25-16-10-5-11-17-25)37-31(40)28-19-18-26-20-35-30(33(41)38(26)28)36-21-27(23-12-6-3-7-13-23)24-14-8-4-9-15-24;/h3-17,20,27-28,32H,2,18-19,21-22H2,1H3,(H,34,39)(H,35,36)(H,37,40);1H/t28-,32?;/m0./s1. The highest BCUT2D eigenvalue weighted by molar-refractivity contribution is 5.85. The van der Waals surface area contributed by atoms with Gasteiger partial charge in [0, 0.05) is 36.5 Å². The molecule has 3 N–H and O–H groups in total. The first-order chi connectivity index (χ1) is 20.5. The van der Waals surface area contributed by atoms with E-state index in [1.54, 1.807) is 6.20 Å². The number of rotatable bonds is 12. The van der Waals surface area contributed by atoms with Gasteiger partial charge in [0.25, 0.3) is 5.56 Å². The van der Waals surface area contributed by atoms with Gasteiger partial charge in [-0.1, -0.05) is 91.0 Å². The lowest BCUT2D eigenvalue weighted by atomic mass is 9.91. The van der Waals surface area contributed by atoms with Gasteiger partial charge in [-0.15, -0.1) is 12.4 Å². The highest BCUT2D eigenvalue weighted by Gasteiger charge is 2.32. The number of halogens is 1. The summed E-state index contributed by atoms with van der Waals surface area (Å²) in [6.45, 7) is 2.55. The maximum Gasteiger partial charge on any atom is 0.294 e. The number of amides is 2. The largest absolute Gasteiger partial charge is 0.365 e. The summed E-state index contributed by atoms with van der Waals surface area (Å²) in [6.07, 6.45) is 1.82. The third-order valence-electron chi connectivity index (χ3n) is 7.37. The number of aromatic nitrogens is 2. The molecule has 0 aliphatic carbocycles. The Morgan fingerprint density at radius 1 is 0.930 bits per heavy atom. The molecule has 0 spiro atoms. The third kappa shape index (κ3) is 7.68. The molecule has 2 amide bonds. The van der Waals surface area contributed by atoms with Crippen LogP contribution in [0, 0.1) is 0 Å². The van der Waals surface area contributed by atoms with Gasteiger partial charge in [-0.25, -0.2) is 4.98 Å². The molecule has 1 aromatic heterocycles. The van der Waals surface area contributed by atoms with E-state index in [0.717, 1.165) is 11.1 Å². The number of hydrogen-bond acceptors (Lipinski definition) is 6. The average Bonchev–Trinajstić information content (AvgIpc) is 3.47. The van der Waals surface area contributed by atoms with E-state index in [-0.39, 0.29) is 48.1 Å². The van der Waals surface area contributed by atoms with E-state index in [1.165, 1.54) is 4.57 Å². The van der Waals surface area contributed by atoms with E-state index in [2.05, 4.69) is 45.2 Å². The molecule has 1 unspecified atom stereocenters. The summed E-state index contributed by atoms with van der Waals surface area (Å²) in [6, 6.07) is 28.7. The monoisotopic (exact) mass is 601 g/mol. The van der Waals surface area contributed by atoms with E-state index < -0.39 is 12.3 Å². The molecule has 43 heavy (non-hydrogen) atoms. The summed E-state index contributed by atoms with van der Waals surface area (Å²) < 4.78 is 7.33. The number of hydrogen-bond donors (Lipinski definition) is 3. The summed E-state index contributed by atoms with van der Waals surface area (Å²) in [5.41, 5.74) is 3.30. The van der Waals surface area contributed by atoms with Crippen LogP contribution in [0.4, 0.5) is 5.82 Å². The van der Waals surface area contributed by atoms with Crippen molar-refractivity contribution in [2.45, 2.75) is 38.0 Å². The minimum absolute atomic E-state index is 0. The van der Waals surface area contributed by atoms with Gasteiger partial charge in [-0.2, -0.15) is 0 Å². The molecule has 0 radical (unpaired) electrons. The fourth-order valence-corrected chi connectivity index (χ4v) is 5.29. The predicted molar refractivity (Wildman–Crippen MR) is 168 cm³/mol. The van der Waals surface area contributed by atoms with E-state index in [9.17, 15) is 14.4 Å². The number of benzene rings is 3. The van der Waals surface area contributed by atoms with Crippen LogP contribution >= 0.6 is 12.4 Å². The first kappa shape index (κ1) is 31.5. The maximum absolute atomic E-state index is 13.7. The Kier molecular flexibility index (Phi) is 11.1. The lowest BCUT2D eigenvalue weighted by Crippen LogP contribution is -2.40. The first-order valence-electron chi connectivity index (χ1n) is 14.2. The summed E-state index contributed by atoms with van der Waals surface area (Å²) in [7, 11) is 0. The van der Waals surface area contributed by atoms with Crippen molar-refractivity contribution in [1.29, 1.82) is 0 Å². The smallest absolute Gasteiger partial charge is 0.294 e. The topological polar surface area (TPSA) is 114 Å². The minimum atomic E-state index is -0.849. The quantitative estimate of drug-likeness (QED) is 0.208. The van der Waals surface area contributed by atoms with Gasteiger partial charge in [0.15, 0.2) is 12.0 Å². The maximum atomic E-state index is 13.7. The number of nitrogens with one attached hydrogen (secondary N) is 3. The van der Waals surface area contributed by atoms with Gasteiger partial charge >= 0.3 is 0 Å². The molecule has 3 aromatic carbocycles. The summed E-state index contributed by atoms with van der Waals surface area (Å²) in [5, 5.41) is 8.87. The second-order valence-electron chi connectivity index (χ2n) is 10.1. The summed E-state index contributed by atoms with van der Waals surface area (Å²) >= 11 is 0. The molecular formula is C33H36ClN5O4. The van der Waals surface area contributed by atoms with Crippen LogP contribution in [0.25, 0.3) is 0 Å². The van der Waals surface area contributed by atoms with Crippen molar-refractivity contribution in [3.05, 3.63) is 130 Å². The zero-order valence-electron chi connectivity index (χ0n) is 23.9. The molecule has 2 atom stereocenters.